The monoisotopic (exact) mass is 388 g/mol. The van der Waals surface area contributed by atoms with E-state index in [-0.39, 0.29) is 5.82 Å². The lowest BCUT2D eigenvalue weighted by Gasteiger charge is -2.09. The molecule has 9 heteroatoms. The number of hydrogen-bond acceptors (Lipinski definition) is 6. The van der Waals surface area contributed by atoms with Gasteiger partial charge in [-0.25, -0.2) is 14.8 Å². The van der Waals surface area contributed by atoms with Gasteiger partial charge in [-0.15, -0.1) is 0 Å². The third-order valence-corrected chi connectivity index (χ3v) is 4.39. The third kappa shape index (κ3) is 3.98. The summed E-state index contributed by atoms with van der Waals surface area (Å²) in [4.78, 5) is 24.7. The summed E-state index contributed by atoms with van der Waals surface area (Å²) in [6.07, 6.45) is 1.29. The fourth-order valence-electron chi connectivity index (χ4n) is 3.20. The topological polar surface area (TPSA) is 124 Å². The molecule has 9 nitrogen and oxygen atoms in total. The van der Waals surface area contributed by atoms with Crippen LogP contribution in [-0.4, -0.2) is 30.8 Å². The van der Waals surface area contributed by atoms with E-state index in [1.807, 2.05) is 54.9 Å². The second-order valence-electron chi connectivity index (χ2n) is 6.62. The maximum absolute atomic E-state index is 12.4. The maximum Gasteiger partial charge on any atom is 0.324 e. The first kappa shape index (κ1) is 18.4. The fourth-order valence-corrected chi connectivity index (χ4v) is 3.20. The number of amides is 2. The van der Waals surface area contributed by atoms with Gasteiger partial charge in [-0.3, -0.25) is 15.0 Å². The van der Waals surface area contributed by atoms with Crippen molar-refractivity contribution in [3.05, 3.63) is 65.9 Å². The van der Waals surface area contributed by atoms with Gasteiger partial charge in [0, 0.05) is 17.1 Å². The van der Waals surface area contributed by atoms with E-state index in [2.05, 4.69) is 30.7 Å². The highest BCUT2D eigenvalue weighted by molar-refractivity contribution is 6.06. The predicted molar refractivity (Wildman–Crippen MR) is 112 cm³/mol. The summed E-state index contributed by atoms with van der Waals surface area (Å²) in [5, 5.41) is 11.0. The molecule has 2 amide bonds. The van der Waals surface area contributed by atoms with Crippen LogP contribution in [0.5, 0.6) is 0 Å². The van der Waals surface area contributed by atoms with Gasteiger partial charge >= 0.3 is 6.03 Å². The number of carbonyl (C=O) groups is 1. The second-order valence-corrected chi connectivity index (χ2v) is 6.62. The molecule has 4 rings (SSSR count). The Morgan fingerprint density at radius 1 is 1.10 bits per heavy atom. The van der Waals surface area contributed by atoms with Crippen LogP contribution in [0.15, 0.2) is 48.8 Å². The summed E-state index contributed by atoms with van der Waals surface area (Å²) in [5.74, 6) is 0.597. The zero-order valence-corrected chi connectivity index (χ0v) is 16.0. The summed E-state index contributed by atoms with van der Waals surface area (Å²) in [6.45, 7) is 4.42. The number of carbonyl (C=O) groups excluding carboxylic acids is 1. The second kappa shape index (κ2) is 7.55. The van der Waals surface area contributed by atoms with Crippen LogP contribution in [0.3, 0.4) is 0 Å². The number of aryl methyl sites for hydroxylation is 2. The quantitative estimate of drug-likeness (QED) is 0.493. The highest BCUT2D eigenvalue weighted by Crippen LogP contribution is 2.27. The van der Waals surface area contributed by atoms with Crippen molar-refractivity contribution >= 4 is 34.3 Å². The number of rotatable bonds is 4. The van der Waals surface area contributed by atoms with Gasteiger partial charge in [0.05, 0.1) is 29.1 Å². The van der Waals surface area contributed by atoms with Gasteiger partial charge in [-0.2, -0.15) is 5.10 Å². The van der Waals surface area contributed by atoms with Crippen molar-refractivity contribution in [2.24, 2.45) is 0 Å². The molecule has 0 radical (unpaired) electrons. The highest BCUT2D eigenvalue weighted by Gasteiger charge is 2.14. The average molecular weight is 388 g/mol. The Kier molecular flexibility index (Phi) is 4.78. The molecule has 0 spiro atoms. The molecule has 146 valence electrons. The molecular weight excluding hydrogens is 368 g/mol. The number of fused-ring (bicyclic) bond motifs is 1. The van der Waals surface area contributed by atoms with Gasteiger partial charge in [0.15, 0.2) is 0 Å². The first-order valence-electron chi connectivity index (χ1n) is 9.04. The molecule has 0 saturated carbocycles. The van der Waals surface area contributed by atoms with Crippen LogP contribution < -0.4 is 16.4 Å². The van der Waals surface area contributed by atoms with Crippen molar-refractivity contribution in [3.8, 4) is 0 Å². The van der Waals surface area contributed by atoms with Crippen LogP contribution in [0.1, 0.15) is 17.1 Å². The Bertz CT molecular complexity index is 1200. The largest absolute Gasteiger partial charge is 0.384 e. The lowest BCUT2D eigenvalue weighted by atomic mass is 10.1. The third-order valence-electron chi connectivity index (χ3n) is 4.39. The molecule has 0 bridgehead atoms. The minimum absolute atomic E-state index is 0.277. The predicted octanol–water partition coefficient (Wildman–Crippen LogP) is 3.11. The Morgan fingerprint density at radius 3 is 2.72 bits per heavy atom. The van der Waals surface area contributed by atoms with Gasteiger partial charge in [0.1, 0.15) is 18.0 Å². The molecule has 0 saturated heterocycles. The van der Waals surface area contributed by atoms with Gasteiger partial charge in [-0.05, 0) is 38.1 Å². The number of nitrogens with two attached hydrogens (primary N) is 1. The molecule has 4 N–H and O–H groups in total. The van der Waals surface area contributed by atoms with Crippen molar-refractivity contribution in [3.63, 3.8) is 0 Å². The van der Waals surface area contributed by atoms with Crippen molar-refractivity contribution < 1.29 is 4.79 Å². The Hall–Kier alpha value is -4.01. The van der Waals surface area contributed by atoms with Crippen molar-refractivity contribution in [2.45, 2.75) is 20.4 Å². The van der Waals surface area contributed by atoms with E-state index >= 15 is 0 Å². The molecular formula is C20H20N8O. The number of nitrogens with zero attached hydrogens (tertiary/aromatic N) is 5. The van der Waals surface area contributed by atoms with E-state index in [4.69, 9.17) is 5.73 Å². The number of pyridine rings is 1. The maximum atomic E-state index is 12.4. The molecule has 0 aliphatic rings. The molecule has 0 unspecified atom stereocenters. The lowest BCUT2D eigenvalue weighted by Crippen LogP contribution is -2.20. The van der Waals surface area contributed by atoms with E-state index in [0.29, 0.717) is 18.1 Å². The first-order chi connectivity index (χ1) is 14.0. The molecule has 1 aromatic carbocycles. The number of nitrogens with one attached hydrogen (secondary N) is 2. The van der Waals surface area contributed by atoms with Crippen molar-refractivity contribution in [1.29, 1.82) is 0 Å². The lowest BCUT2D eigenvalue weighted by molar-refractivity contribution is 0.262. The Morgan fingerprint density at radius 2 is 1.93 bits per heavy atom. The smallest absolute Gasteiger partial charge is 0.324 e. The number of aromatic nitrogens is 5. The molecule has 0 fully saturated rings. The summed E-state index contributed by atoms with van der Waals surface area (Å²) >= 11 is 0. The summed E-state index contributed by atoms with van der Waals surface area (Å²) in [5.41, 5.74) is 9.88. The number of hydrogen-bond donors (Lipinski definition) is 3. The summed E-state index contributed by atoms with van der Waals surface area (Å²) in [6, 6.07) is 12.6. The SMILES string of the molecule is Cc1cccc(Cn2nc(C)c3c(NC(=O)Nc4cc(N)ncn4)cccc32)n1. The zero-order valence-electron chi connectivity index (χ0n) is 16.0. The molecule has 3 heterocycles. The molecule has 4 aromatic rings. The van der Waals surface area contributed by atoms with Gasteiger partial charge in [-0.1, -0.05) is 12.1 Å². The molecule has 0 aliphatic carbocycles. The van der Waals surface area contributed by atoms with Crippen LogP contribution in [0, 0.1) is 13.8 Å². The Labute approximate surface area is 167 Å². The molecule has 29 heavy (non-hydrogen) atoms. The molecule has 0 aliphatic heterocycles. The van der Waals surface area contributed by atoms with Gasteiger partial charge in [0.2, 0.25) is 0 Å². The van der Waals surface area contributed by atoms with Crippen LogP contribution in [0.25, 0.3) is 10.9 Å². The normalized spacial score (nSPS) is 10.8. The van der Waals surface area contributed by atoms with Crippen LogP contribution in [-0.2, 0) is 6.54 Å². The first-order valence-corrected chi connectivity index (χ1v) is 9.04. The van der Waals surface area contributed by atoms with E-state index in [9.17, 15) is 4.79 Å². The number of anilines is 3. The van der Waals surface area contributed by atoms with Crippen molar-refractivity contribution in [1.82, 2.24) is 24.7 Å². The van der Waals surface area contributed by atoms with Gasteiger partial charge in [0.25, 0.3) is 0 Å². The minimum Gasteiger partial charge on any atom is -0.384 e. The fraction of sp³-hybridized carbons (Fsp3) is 0.150. The van der Waals surface area contributed by atoms with E-state index in [1.165, 1.54) is 12.4 Å². The number of benzene rings is 1. The summed E-state index contributed by atoms with van der Waals surface area (Å²) < 4.78 is 1.89. The van der Waals surface area contributed by atoms with Crippen LogP contribution in [0.2, 0.25) is 0 Å². The van der Waals surface area contributed by atoms with Gasteiger partial charge < -0.3 is 11.1 Å². The van der Waals surface area contributed by atoms with Crippen LogP contribution in [0.4, 0.5) is 22.1 Å². The number of urea groups is 1. The number of nitrogen functional groups attached to an aromatic ring is 1. The van der Waals surface area contributed by atoms with Crippen molar-refractivity contribution in [2.75, 3.05) is 16.4 Å². The van der Waals surface area contributed by atoms with Crippen LogP contribution >= 0.6 is 0 Å². The summed E-state index contributed by atoms with van der Waals surface area (Å²) in [7, 11) is 0. The molecule has 0 atom stereocenters. The standard InChI is InChI=1S/C20H20N8O/c1-12-5-3-6-14(24-12)10-28-16-8-4-7-15(19(16)13(2)27-28)25-20(29)26-18-9-17(21)22-11-23-18/h3-9,11H,10H2,1-2H3,(H4,21,22,23,25,26,29). The molecule has 3 aromatic heterocycles. The van der Waals surface area contributed by atoms with E-state index < -0.39 is 6.03 Å². The minimum atomic E-state index is -0.428. The zero-order chi connectivity index (χ0) is 20.4. The average Bonchev–Trinajstić information content (AvgIpc) is 2.98. The van der Waals surface area contributed by atoms with E-state index in [1.54, 1.807) is 0 Å². The Balaban J connectivity index is 1.60. The highest BCUT2D eigenvalue weighted by atomic mass is 16.2. The van der Waals surface area contributed by atoms with E-state index in [0.717, 1.165) is 28.0 Å².